The molecule has 0 saturated heterocycles. The lowest BCUT2D eigenvalue weighted by Gasteiger charge is -2.15. The molecule has 1 heterocycles. The first kappa shape index (κ1) is 23.4. The molecule has 150 valence electrons. The lowest BCUT2D eigenvalue weighted by atomic mass is 10.1. The molecule has 1 aromatic carbocycles. The second-order valence-electron chi connectivity index (χ2n) is 6.79. The summed E-state index contributed by atoms with van der Waals surface area (Å²) in [5.74, 6) is 1.32. The minimum Gasteiger partial charge on any atom is -0.379 e. The molecule has 0 aliphatic heterocycles. The van der Waals surface area contributed by atoms with Gasteiger partial charge in [0.05, 0.1) is 18.0 Å². The van der Waals surface area contributed by atoms with Crippen LogP contribution in [0.4, 0.5) is 0 Å². The number of rotatable bonds is 8. The first-order valence-corrected chi connectivity index (χ1v) is 9.15. The van der Waals surface area contributed by atoms with Crippen molar-refractivity contribution >= 4 is 29.9 Å². The van der Waals surface area contributed by atoms with E-state index in [0.29, 0.717) is 19.1 Å². The van der Waals surface area contributed by atoms with Gasteiger partial charge in [0.1, 0.15) is 0 Å². The molecular weight excluding hydrogens is 453 g/mol. The fourth-order valence-electron chi connectivity index (χ4n) is 2.70. The van der Waals surface area contributed by atoms with Crippen LogP contribution in [-0.2, 0) is 11.3 Å². The molecule has 0 unspecified atom stereocenters. The Morgan fingerprint density at radius 1 is 1.22 bits per heavy atom. The van der Waals surface area contributed by atoms with Crippen LogP contribution in [0.25, 0.3) is 5.69 Å². The zero-order valence-corrected chi connectivity index (χ0v) is 19.3. The molecule has 0 fully saturated rings. The maximum absolute atomic E-state index is 5.59. The third-order valence-corrected chi connectivity index (χ3v) is 3.89. The molecule has 7 heteroatoms. The fourth-order valence-corrected chi connectivity index (χ4v) is 2.70. The summed E-state index contributed by atoms with van der Waals surface area (Å²) in [6, 6.07) is 10.4. The van der Waals surface area contributed by atoms with Crippen molar-refractivity contribution in [1.82, 2.24) is 20.4 Å². The summed E-state index contributed by atoms with van der Waals surface area (Å²) in [5, 5.41) is 11.2. The van der Waals surface area contributed by atoms with Crippen molar-refractivity contribution in [2.45, 2.75) is 34.2 Å². The lowest BCUT2D eigenvalue weighted by Crippen LogP contribution is -2.38. The SMILES string of the molecule is CN=C(NCCOCC(C)C)NCc1ccccc1-n1nc(C)cc1C.I. The highest BCUT2D eigenvalue weighted by molar-refractivity contribution is 14.0. The summed E-state index contributed by atoms with van der Waals surface area (Å²) >= 11 is 0. The minimum atomic E-state index is 0. The molecule has 27 heavy (non-hydrogen) atoms. The fraction of sp³-hybridized carbons (Fsp3) is 0.500. The van der Waals surface area contributed by atoms with Crippen LogP contribution in [0.1, 0.15) is 30.8 Å². The Hall–Kier alpha value is -1.61. The van der Waals surface area contributed by atoms with Gasteiger partial charge in [0.15, 0.2) is 5.96 Å². The molecule has 0 spiro atoms. The third-order valence-electron chi connectivity index (χ3n) is 3.89. The number of hydrogen-bond donors (Lipinski definition) is 2. The summed E-state index contributed by atoms with van der Waals surface area (Å²) in [7, 11) is 1.78. The molecule has 0 aliphatic carbocycles. The summed E-state index contributed by atoms with van der Waals surface area (Å²) in [6.45, 7) is 11.2. The van der Waals surface area contributed by atoms with Crippen LogP contribution in [-0.4, -0.2) is 42.5 Å². The van der Waals surface area contributed by atoms with E-state index in [4.69, 9.17) is 4.74 Å². The maximum atomic E-state index is 5.59. The number of aliphatic imine (C=N–C) groups is 1. The van der Waals surface area contributed by atoms with Crippen LogP contribution in [0.2, 0.25) is 0 Å². The highest BCUT2D eigenvalue weighted by atomic mass is 127. The number of para-hydroxylation sites is 1. The Kier molecular flexibility index (Phi) is 10.4. The van der Waals surface area contributed by atoms with Gasteiger partial charge in [-0.3, -0.25) is 4.99 Å². The van der Waals surface area contributed by atoms with E-state index in [1.54, 1.807) is 7.05 Å². The van der Waals surface area contributed by atoms with E-state index in [1.165, 1.54) is 0 Å². The van der Waals surface area contributed by atoms with Crippen LogP contribution in [0, 0.1) is 19.8 Å². The molecular formula is C20H32IN5O. The first-order chi connectivity index (χ1) is 12.5. The van der Waals surface area contributed by atoms with Gasteiger partial charge in [0, 0.05) is 32.4 Å². The van der Waals surface area contributed by atoms with Crippen molar-refractivity contribution in [3.63, 3.8) is 0 Å². The van der Waals surface area contributed by atoms with Crippen LogP contribution in [0.5, 0.6) is 0 Å². The van der Waals surface area contributed by atoms with Gasteiger partial charge in [0.25, 0.3) is 0 Å². The number of guanidine groups is 1. The zero-order chi connectivity index (χ0) is 18.9. The van der Waals surface area contributed by atoms with Crippen molar-refractivity contribution in [3.8, 4) is 5.69 Å². The quantitative estimate of drug-likeness (QED) is 0.260. The maximum Gasteiger partial charge on any atom is 0.191 e. The topological polar surface area (TPSA) is 63.5 Å². The Morgan fingerprint density at radius 3 is 2.59 bits per heavy atom. The molecule has 0 radical (unpaired) electrons. The van der Waals surface area contributed by atoms with Gasteiger partial charge >= 0.3 is 0 Å². The number of ether oxygens (including phenoxy) is 1. The van der Waals surface area contributed by atoms with E-state index in [9.17, 15) is 0 Å². The molecule has 0 amide bonds. The largest absolute Gasteiger partial charge is 0.379 e. The van der Waals surface area contributed by atoms with Crippen molar-refractivity contribution in [1.29, 1.82) is 0 Å². The van der Waals surface area contributed by atoms with E-state index in [1.807, 2.05) is 23.7 Å². The second-order valence-corrected chi connectivity index (χ2v) is 6.79. The Labute approximate surface area is 179 Å². The van der Waals surface area contributed by atoms with Gasteiger partial charge in [-0.2, -0.15) is 5.10 Å². The van der Waals surface area contributed by atoms with Gasteiger partial charge in [-0.15, -0.1) is 24.0 Å². The van der Waals surface area contributed by atoms with Crippen LogP contribution in [0.15, 0.2) is 35.3 Å². The van der Waals surface area contributed by atoms with Crippen molar-refractivity contribution in [3.05, 3.63) is 47.3 Å². The van der Waals surface area contributed by atoms with Gasteiger partial charge in [-0.1, -0.05) is 32.0 Å². The average molecular weight is 485 g/mol. The second kappa shape index (κ2) is 12.0. The summed E-state index contributed by atoms with van der Waals surface area (Å²) in [4.78, 5) is 4.28. The van der Waals surface area contributed by atoms with Crippen molar-refractivity contribution in [2.24, 2.45) is 10.9 Å². The van der Waals surface area contributed by atoms with Crippen LogP contribution >= 0.6 is 24.0 Å². The summed E-state index contributed by atoms with van der Waals surface area (Å²) < 4.78 is 7.58. The minimum absolute atomic E-state index is 0. The van der Waals surface area contributed by atoms with E-state index >= 15 is 0 Å². The number of aryl methyl sites for hydroxylation is 2. The van der Waals surface area contributed by atoms with E-state index in [-0.39, 0.29) is 24.0 Å². The summed E-state index contributed by atoms with van der Waals surface area (Å²) in [6.07, 6.45) is 0. The molecule has 2 rings (SSSR count). The van der Waals surface area contributed by atoms with Crippen LogP contribution in [0.3, 0.4) is 0 Å². The highest BCUT2D eigenvalue weighted by Gasteiger charge is 2.09. The standard InChI is InChI=1S/C20H31N5O.HI/c1-15(2)14-26-11-10-22-20(21-5)23-13-18-8-6-7-9-19(18)25-17(4)12-16(3)24-25;/h6-9,12,15H,10-11,13-14H2,1-5H3,(H2,21,22,23);1H. The Bertz CT molecular complexity index is 727. The lowest BCUT2D eigenvalue weighted by molar-refractivity contribution is 0.114. The number of hydrogen-bond acceptors (Lipinski definition) is 3. The molecule has 0 saturated carbocycles. The average Bonchev–Trinajstić information content (AvgIpc) is 2.95. The molecule has 2 N–H and O–H groups in total. The van der Waals surface area contributed by atoms with Crippen LogP contribution < -0.4 is 10.6 Å². The van der Waals surface area contributed by atoms with Gasteiger partial charge < -0.3 is 15.4 Å². The third kappa shape index (κ3) is 7.50. The number of halogens is 1. The van der Waals surface area contributed by atoms with Crippen molar-refractivity contribution < 1.29 is 4.74 Å². The zero-order valence-electron chi connectivity index (χ0n) is 17.0. The number of aromatic nitrogens is 2. The Morgan fingerprint density at radius 2 is 1.96 bits per heavy atom. The molecule has 6 nitrogen and oxygen atoms in total. The number of benzene rings is 1. The van der Waals surface area contributed by atoms with Crippen molar-refractivity contribution in [2.75, 3.05) is 26.8 Å². The van der Waals surface area contributed by atoms with E-state index in [0.717, 1.165) is 41.7 Å². The number of nitrogens with one attached hydrogen (secondary N) is 2. The molecule has 0 aliphatic rings. The van der Waals surface area contributed by atoms with Gasteiger partial charge in [-0.25, -0.2) is 4.68 Å². The monoisotopic (exact) mass is 485 g/mol. The van der Waals surface area contributed by atoms with E-state index < -0.39 is 0 Å². The summed E-state index contributed by atoms with van der Waals surface area (Å²) in [5.41, 5.74) is 4.39. The predicted molar refractivity (Wildman–Crippen MR) is 122 cm³/mol. The smallest absolute Gasteiger partial charge is 0.191 e. The predicted octanol–water partition coefficient (Wildman–Crippen LogP) is 3.44. The molecule has 0 bridgehead atoms. The molecule has 2 aromatic rings. The Balaban J connectivity index is 0.00000364. The molecule has 0 atom stereocenters. The first-order valence-electron chi connectivity index (χ1n) is 9.15. The molecule has 1 aromatic heterocycles. The van der Waals surface area contributed by atoms with Gasteiger partial charge in [0.2, 0.25) is 0 Å². The van der Waals surface area contributed by atoms with E-state index in [2.05, 4.69) is 59.7 Å². The van der Waals surface area contributed by atoms with Gasteiger partial charge in [-0.05, 0) is 37.5 Å². The number of nitrogens with zero attached hydrogens (tertiary/aromatic N) is 3. The highest BCUT2D eigenvalue weighted by Crippen LogP contribution is 2.16. The normalized spacial score (nSPS) is 11.4.